The summed E-state index contributed by atoms with van der Waals surface area (Å²) in [7, 11) is -3.75. The van der Waals surface area contributed by atoms with Crippen LogP contribution in [0.4, 0.5) is 5.69 Å². The van der Waals surface area contributed by atoms with Gasteiger partial charge in [-0.05, 0) is 55.5 Å². The number of hydrogen-bond donors (Lipinski definition) is 1. The summed E-state index contributed by atoms with van der Waals surface area (Å²) in [6.07, 6.45) is 5.88. The maximum atomic E-state index is 13.6. The van der Waals surface area contributed by atoms with Gasteiger partial charge in [0, 0.05) is 17.6 Å². The molecule has 2 aromatic carbocycles. The lowest BCUT2D eigenvalue weighted by Crippen LogP contribution is -2.52. The molecule has 0 bridgehead atoms. The van der Waals surface area contributed by atoms with Crippen molar-refractivity contribution in [2.45, 2.75) is 64.6 Å². The van der Waals surface area contributed by atoms with Crippen molar-refractivity contribution < 1.29 is 18.0 Å². The van der Waals surface area contributed by atoms with Crippen LogP contribution in [0.15, 0.2) is 48.5 Å². The monoisotopic (exact) mass is 519 g/mol. The minimum atomic E-state index is -3.75. The third kappa shape index (κ3) is 7.21. The van der Waals surface area contributed by atoms with Crippen molar-refractivity contribution in [2.75, 3.05) is 17.1 Å². The van der Waals surface area contributed by atoms with E-state index in [0.717, 1.165) is 48.2 Å². The van der Waals surface area contributed by atoms with Crippen LogP contribution in [0.3, 0.4) is 0 Å². The van der Waals surface area contributed by atoms with Crippen molar-refractivity contribution in [2.24, 2.45) is 0 Å². The van der Waals surface area contributed by atoms with E-state index in [0.29, 0.717) is 16.3 Å². The topological polar surface area (TPSA) is 86.8 Å². The summed E-state index contributed by atoms with van der Waals surface area (Å²) in [5, 5.41) is 3.52. The summed E-state index contributed by atoms with van der Waals surface area (Å²) in [5.41, 5.74) is 2.14. The number of sulfonamides is 1. The molecule has 0 spiro atoms. The number of carbonyl (C=O) groups excluding carboxylic acids is 2. The molecule has 0 aromatic heterocycles. The first-order valence-electron chi connectivity index (χ1n) is 12.0. The van der Waals surface area contributed by atoms with E-state index in [1.54, 1.807) is 37.3 Å². The maximum Gasteiger partial charge on any atom is 0.244 e. The molecule has 2 amide bonds. The molecule has 0 saturated heterocycles. The molecule has 3 rings (SSSR count). The largest absolute Gasteiger partial charge is 0.352 e. The molecule has 190 valence electrons. The fourth-order valence-corrected chi connectivity index (χ4v) is 5.34. The second-order valence-corrected chi connectivity index (χ2v) is 11.4. The van der Waals surface area contributed by atoms with Crippen LogP contribution < -0.4 is 9.62 Å². The third-order valence-electron chi connectivity index (χ3n) is 6.48. The summed E-state index contributed by atoms with van der Waals surface area (Å²) >= 11 is 6.35. The molecule has 9 heteroatoms. The Balaban J connectivity index is 1.88. The number of nitrogens with one attached hydrogen (secondary N) is 1. The van der Waals surface area contributed by atoms with Crippen LogP contribution in [0.1, 0.15) is 50.7 Å². The van der Waals surface area contributed by atoms with Crippen LogP contribution >= 0.6 is 11.6 Å². The minimum Gasteiger partial charge on any atom is -0.352 e. The van der Waals surface area contributed by atoms with E-state index in [1.807, 2.05) is 25.1 Å². The molecule has 7 nitrogen and oxygen atoms in total. The van der Waals surface area contributed by atoms with Gasteiger partial charge in [0.15, 0.2) is 0 Å². The Morgan fingerprint density at radius 1 is 1.09 bits per heavy atom. The lowest BCUT2D eigenvalue weighted by molar-refractivity contribution is -0.139. The molecular weight excluding hydrogens is 486 g/mol. The van der Waals surface area contributed by atoms with E-state index in [2.05, 4.69) is 5.32 Å². The molecule has 1 aliphatic carbocycles. The molecule has 1 atom stereocenters. The highest BCUT2D eigenvalue weighted by Crippen LogP contribution is 2.23. The van der Waals surface area contributed by atoms with Gasteiger partial charge in [-0.25, -0.2) is 8.42 Å². The molecule has 1 aliphatic rings. The number of carbonyl (C=O) groups is 2. The third-order valence-corrected chi connectivity index (χ3v) is 7.99. The van der Waals surface area contributed by atoms with Gasteiger partial charge in [-0.1, -0.05) is 61.7 Å². The summed E-state index contributed by atoms with van der Waals surface area (Å²) in [6.45, 7) is 3.34. The summed E-state index contributed by atoms with van der Waals surface area (Å²) < 4.78 is 26.4. The Labute approximate surface area is 213 Å². The zero-order valence-corrected chi connectivity index (χ0v) is 22.1. The van der Waals surface area contributed by atoms with Crippen molar-refractivity contribution in [1.82, 2.24) is 10.2 Å². The Kier molecular flexibility index (Phi) is 9.19. The fraction of sp³-hybridized carbons (Fsp3) is 0.462. The number of halogens is 1. The number of anilines is 1. The average molecular weight is 520 g/mol. The lowest BCUT2D eigenvalue weighted by atomic mass is 10.1. The van der Waals surface area contributed by atoms with Gasteiger partial charge < -0.3 is 10.2 Å². The van der Waals surface area contributed by atoms with Crippen LogP contribution in [0.2, 0.25) is 5.02 Å². The molecule has 2 aromatic rings. The van der Waals surface area contributed by atoms with E-state index in [1.165, 1.54) is 4.90 Å². The van der Waals surface area contributed by atoms with E-state index < -0.39 is 28.5 Å². The van der Waals surface area contributed by atoms with Crippen LogP contribution in [0.25, 0.3) is 0 Å². The average Bonchev–Trinajstić information content (AvgIpc) is 3.34. The molecule has 1 N–H and O–H groups in total. The van der Waals surface area contributed by atoms with Crippen LogP contribution in [0.5, 0.6) is 0 Å². The number of aryl methyl sites for hydroxylation is 1. The highest BCUT2D eigenvalue weighted by atomic mass is 35.5. The van der Waals surface area contributed by atoms with Crippen molar-refractivity contribution in [3.05, 3.63) is 64.7 Å². The van der Waals surface area contributed by atoms with Gasteiger partial charge >= 0.3 is 0 Å². The van der Waals surface area contributed by atoms with Gasteiger partial charge in [0.2, 0.25) is 21.8 Å². The first kappa shape index (κ1) is 27.0. The Morgan fingerprint density at radius 3 is 2.29 bits per heavy atom. The van der Waals surface area contributed by atoms with E-state index in [4.69, 9.17) is 11.6 Å². The van der Waals surface area contributed by atoms with Crippen molar-refractivity contribution in [1.29, 1.82) is 0 Å². The second-order valence-electron chi connectivity index (χ2n) is 9.07. The molecule has 0 unspecified atom stereocenters. The first-order valence-corrected chi connectivity index (χ1v) is 14.2. The number of benzene rings is 2. The van der Waals surface area contributed by atoms with Gasteiger partial charge in [0.1, 0.15) is 12.6 Å². The molecule has 0 radical (unpaired) electrons. The smallest absolute Gasteiger partial charge is 0.244 e. The number of nitrogens with zero attached hydrogens (tertiary/aromatic N) is 2. The Hall–Kier alpha value is -2.58. The molecule has 1 fully saturated rings. The van der Waals surface area contributed by atoms with E-state index in [-0.39, 0.29) is 18.5 Å². The second kappa shape index (κ2) is 11.9. The first-order chi connectivity index (χ1) is 16.6. The van der Waals surface area contributed by atoms with Gasteiger partial charge in [-0.15, -0.1) is 0 Å². The molecule has 1 saturated carbocycles. The lowest BCUT2D eigenvalue weighted by Gasteiger charge is -2.32. The van der Waals surface area contributed by atoms with Crippen LogP contribution in [-0.4, -0.2) is 50.0 Å². The van der Waals surface area contributed by atoms with Gasteiger partial charge in [0.25, 0.3) is 0 Å². The van der Waals surface area contributed by atoms with Gasteiger partial charge in [-0.3, -0.25) is 13.9 Å². The summed E-state index contributed by atoms with van der Waals surface area (Å²) in [4.78, 5) is 28.1. The molecule has 0 heterocycles. The molecular formula is C26H34ClN3O4S. The normalized spacial score (nSPS) is 15.0. The zero-order valence-electron chi connectivity index (χ0n) is 20.5. The standard InChI is InChI=1S/C26H34ClN3O4S/c1-4-20-13-15-23(16-14-20)30(35(3,33)34)18-25(31)29(17-21-9-5-8-12-24(21)27)19(2)26(32)28-22-10-6-7-11-22/h5,8-9,12-16,19,22H,4,6-7,10-11,17-18H2,1-3H3,(H,28,32)/t19-/m1/s1. The highest BCUT2D eigenvalue weighted by Gasteiger charge is 2.31. The highest BCUT2D eigenvalue weighted by molar-refractivity contribution is 7.92. The van der Waals surface area contributed by atoms with Gasteiger partial charge in [-0.2, -0.15) is 0 Å². The van der Waals surface area contributed by atoms with E-state index >= 15 is 0 Å². The fourth-order valence-electron chi connectivity index (χ4n) is 4.30. The van der Waals surface area contributed by atoms with E-state index in [9.17, 15) is 18.0 Å². The number of hydrogen-bond acceptors (Lipinski definition) is 4. The number of rotatable bonds is 10. The van der Waals surface area contributed by atoms with Crippen LogP contribution in [0, 0.1) is 0 Å². The number of amides is 2. The minimum absolute atomic E-state index is 0.0874. The van der Waals surface area contributed by atoms with Crippen molar-refractivity contribution in [3.63, 3.8) is 0 Å². The molecule has 0 aliphatic heterocycles. The quantitative estimate of drug-likeness (QED) is 0.511. The SMILES string of the molecule is CCc1ccc(N(CC(=O)N(Cc2ccccc2Cl)[C@H](C)C(=O)NC2CCCC2)S(C)(=O)=O)cc1. The Morgan fingerprint density at radius 2 is 1.71 bits per heavy atom. The van der Waals surface area contributed by atoms with Crippen molar-refractivity contribution in [3.8, 4) is 0 Å². The predicted octanol–water partition coefficient (Wildman–Crippen LogP) is 4.14. The molecule has 35 heavy (non-hydrogen) atoms. The summed E-state index contributed by atoms with van der Waals surface area (Å²) in [5.74, 6) is -0.737. The van der Waals surface area contributed by atoms with Gasteiger partial charge in [0.05, 0.1) is 11.9 Å². The van der Waals surface area contributed by atoms with Crippen LogP contribution in [-0.2, 0) is 32.6 Å². The maximum absolute atomic E-state index is 13.6. The zero-order chi connectivity index (χ0) is 25.6. The van der Waals surface area contributed by atoms with Crippen molar-refractivity contribution >= 4 is 39.1 Å². The Bertz CT molecular complexity index is 1130. The predicted molar refractivity (Wildman–Crippen MR) is 140 cm³/mol. The summed E-state index contributed by atoms with van der Waals surface area (Å²) in [6, 6.07) is 13.5.